The Morgan fingerprint density at radius 3 is 2.35 bits per heavy atom. The molecule has 0 aliphatic rings. The number of hydrogen-bond acceptors (Lipinski definition) is 7. The number of nitrogens with zero attached hydrogens (tertiary/aromatic N) is 2. The third kappa shape index (κ3) is 8.51. The van der Waals surface area contributed by atoms with E-state index >= 15 is 0 Å². The van der Waals surface area contributed by atoms with Crippen molar-refractivity contribution < 1.29 is 22.7 Å². The summed E-state index contributed by atoms with van der Waals surface area (Å²) >= 11 is 6.26. The van der Waals surface area contributed by atoms with E-state index in [0.29, 0.717) is 22.0 Å². The van der Waals surface area contributed by atoms with E-state index in [4.69, 9.17) is 36.7 Å². The van der Waals surface area contributed by atoms with Gasteiger partial charge in [0.2, 0.25) is 15.9 Å². The van der Waals surface area contributed by atoms with Crippen molar-refractivity contribution in [3.05, 3.63) is 81.9 Å². The van der Waals surface area contributed by atoms with Crippen LogP contribution in [0.3, 0.4) is 0 Å². The van der Waals surface area contributed by atoms with Gasteiger partial charge in [-0.2, -0.15) is 10.5 Å². The Morgan fingerprint density at radius 1 is 1.03 bits per heavy atom. The third-order valence-electron chi connectivity index (χ3n) is 5.07. The van der Waals surface area contributed by atoms with Gasteiger partial charge in [0.25, 0.3) is 0 Å². The minimum absolute atomic E-state index is 0.0421. The molecule has 0 radical (unpaired) electrons. The van der Waals surface area contributed by atoms with Crippen LogP contribution in [0.15, 0.2) is 54.6 Å². The van der Waals surface area contributed by atoms with Crippen molar-refractivity contribution >= 4 is 33.2 Å². The number of hydrogen-bond donors (Lipinski definition) is 2. The summed E-state index contributed by atoms with van der Waals surface area (Å²) in [5.41, 5.74) is 2.56. The van der Waals surface area contributed by atoms with E-state index in [-0.39, 0.29) is 53.7 Å². The van der Waals surface area contributed by atoms with Crippen LogP contribution in [0.4, 0.5) is 5.69 Å². The van der Waals surface area contributed by atoms with Crippen LogP contribution in [-0.2, 0) is 21.2 Å². The van der Waals surface area contributed by atoms with Gasteiger partial charge in [0.05, 0.1) is 47.1 Å². The molecule has 3 aromatic rings. The van der Waals surface area contributed by atoms with Crippen LogP contribution in [0.25, 0.3) is 0 Å². The zero-order valence-corrected chi connectivity index (χ0v) is 21.4. The lowest BCUT2D eigenvalue weighted by Crippen LogP contribution is -2.18. The summed E-state index contributed by atoms with van der Waals surface area (Å²) in [5, 5.41) is 26.5. The summed E-state index contributed by atoms with van der Waals surface area (Å²) in [7, 11) is -3.53. The highest BCUT2D eigenvalue weighted by atomic mass is 35.5. The number of benzene rings is 3. The number of carbonyl (C=O) groups excluding carboxylic acids is 1. The number of nitrogens with two attached hydrogens (primary N) is 1. The van der Waals surface area contributed by atoms with E-state index < -0.39 is 10.0 Å². The lowest BCUT2D eigenvalue weighted by Gasteiger charge is -2.13. The molecule has 0 aliphatic heterocycles. The smallest absolute Gasteiger partial charge is 0.228 e. The zero-order chi connectivity index (χ0) is 27.0. The molecule has 0 heterocycles. The van der Waals surface area contributed by atoms with Gasteiger partial charge < -0.3 is 14.8 Å². The summed E-state index contributed by atoms with van der Waals surface area (Å²) in [4.78, 5) is 12.7. The SMILES string of the molecule is Cc1cc(OCCCS(N)(=O)=O)ccc1NC(=O)Cc1ccc(Cl)c(Oc2cc(C#N)cc(C#N)c2)c1. The topological polar surface area (TPSA) is 155 Å². The number of halogens is 1. The quantitative estimate of drug-likeness (QED) is 0.362. The van der Waals surface area contributed by atoms with Crippen molar-refractivity contribution in [3.63, 3.8) is 0 Å². The number of ether oxygens (including phenoxy) is 2. The fraction of sp³-hybridized carbons (Fsp3) is 0.192. The Labute approximate surface area is 220 Å². The molecule has 190 valence electrons. The van der Waals surface area contributed by atoms with E-state index in [1.807, 2.05) is 19.1 Å². The highest BCUT2D eigenvalue weighted by molar-refractivity contribution is 7.89. The lowest BCUT2D eigenvalue weighted by molar-refractivity contribution is -0.115. The van der Waals surface area contributed by atoms with Gasteiger partial charge in [0.15, 0.2) is 0 Å². The maximum absolute atomic E-state index is 12.7. The average molecular weight is 539 g/mol. The minimum Gasteiger partial charge on any atom is -0.494 e. The molecule has 0 spiro atoms. The van der Waals surface area contributed by atoms with E-state index in [1.54, 1.807) is 36.4 Å². The average Bonchev–Trinajstić information content (AvgIpc) is 2.84. The van der Waals surface area contributed by atoms with E-state index in [9.17, 15) is 13.2 Å². The Bertz CT molecular complexity index is 1480. The monoisotopic (exact) mass is 538 g/mol. The Kier molecular flexibility index (Phi) is 9.10. The number of carbonyl (C=O) groups is 1. The molecule has 0 atom stereocenters. The molecule has 0 bridgehead atoms. The fourth-order valence-electron chi connectivity index (χ4n) is 3.35. The van der Waals surface area contributed by atoms with Crippen molar-refractivity contribution in [3.8, 4) is 29.4 Å². The highest BCUT2D eigenvalue weighted by Gasteiger charge is 2.12. The predicted molar refractivity (Wildman–Crippen MR) is 139 cm³/mol. The molecule has 0 aromatic heterocycles. The molecule has 0 fully saturated rings. The van der Waals surface area contributed by atoms with Crippen LogP contribution >= 0.6 is 11.6 Å². The first kappa shape index (κ1) is 27.5. The van der Waals surface area contributed by atoms with Gasteiger partial charge in [-0.15, -0.1) is 0 Å². The standard InChI is InChI=1S/C26H23ClN4O5S/c1-17-9-21(35-7-2-8-37(30,33)34)4-6-24(17)31-26(32)14-18-3-5-23(27)25(13-18)36-22-11-19(15-28)10-20(12-22)16-29/h3-6,9-13H,2,7-8,14H2,1H3,(H,31,32)(H2,30,33,34). The first-order valence-electron chi connectivity index (χ1n) is 11.0. The molecule has 0 unspecified atom stereocenters. The van der Waals surface area contributed by atoms with Crippen molar-refractivity contribution in [1.29, 1.82) is 10.5 Å². The molecular weight excluding hydrogens is 516 g/mol. The van der Waals surface area contributed by atoms with Gasteiger partial charge in [-0.3, -0.25) is 4.79 Å². The lowest BCUT2D eigenvalue weighted by atomic mass is 10.1. The summed E-state index contributed by atoms with van der Waals surface area (Å²) in [6, 6.07) is 18.4. The van der Waals surface area contributed by atoms with Gasteiger partial charge >= 0.3 is 0 Å². The van der Waals surface area contributed by atoms with Crippen LogP contribution in [0.5, 0.6) is 17.2 Å². The van der Waals surface area contributed by atoms with E-state index in [2.05, 4.69) is 5.32 Å². The summed E-state index contributed by atoms with van der Waals surface area (Å²) in [6.45, 7) is 2.01. The number of nitrogens with one attached hydrogen (secondary N) is 1. The van der Waals surface area contributed by atoms with Gasteiger partial charge in [0, 0.05) is 5.69 Å². The van der Waals surface area contributed by atoms with Crippen LogP contribution < -0.4 is 19.9 Å². The van der Waals surface area contributed by atoms with Crippen molar-refractivity contribution in [2.24, 2.45) is 5.14 Å². The number of primary sulfonamides is 1. The van der Waals surface area contributed by atoms with Gasteiger partial charge in [-0.25, -0.2) is 13.6 Å². The Balaban J connectivity index is 1.63. The number of sulfonamides is 1. The van der Waals surface area contributed by atoms with E-state index in [1.165, 1.54) is 18.2 Å². The predicted octanol–water partition coefficient (Wildman–Crippen LogP) is 4.42. The van der Waals surface area contributed by atoms with Crippen LogP contribution in [0.2, 0.25) is 5.02 Å². The first-order valence-corrected chi connectivity index (χ1v) is 13.1. The molecule has 37 heavy (non-hydrogen) atoms. The second kappa shape index (κ2) is 12.2. The van der Waals surface area contributed by atoms with Crippen LogP contribution in [-0.4, -0.2) is 26.7 Å². The molecule has 11 heteroatoms. The molecule has 0 saturated heterocycles. The molecule has 3 N–H and O–H groups in total. The summed E-state index contributed by atoms with van der Waals surface area (Å²) < 4.78 is 33.3. The largest absolute Gasteiger partial charge is 0.494 e. The van der Waals surface area contributed by atoms with Crippen molar-refractivity contribution in [2.45, 2.75) is 19.8 Å². The van der Waals surface area contributed by atoms with Gasteiger partial charge in [-0.1, -0.05) is 17.7 Å². The van der Waals surface area contributed by atoms with Gasteiger partial charge in [-0.05, 0) is 73.0 Å². The fourth-order valence-corrected chi connectivity index (χ4v) is 4.02. The van der Waals surface area contributed by atoms with Crippen LogP contribution in [0, 0.1) is 29.6 Å². The molecular formula is C26H23ClN4O5S. The second-order valence-electron chi connectivity index (χ2n) is 8.11. The van der Waals surface area contributed by atoms with E-state index in [0.717, 1.165) is 5.56 Å². The second-order valence-corrected chi connectivity index (χ2v) is 10.2. The van der Waals surface area contributed by atoms with Gasteiger partial charge in [0.1, 0.15) is 17.2 Å². The summed E-state index contributed by atoms with van der Waals surface area (Å²) in [6.07, 6.45) is 0.312. The molecule has 9 nitrogen and oxygen atoms in total. The highest BCUT2D eigenvalue weighted by Crippen LogP contribution is 2.31. The minimum atomic E-state index is -3.53. The molecule has 3 aromatic carbocycles. The molecule has 0 saturated carbocycles. The molecule has 3 rings (SSSR count). The number of amides is 1. The number of nitriles is 2. The van der Waals surface area contributed by atoms with Crippen molar-refractivity contribution in [1.82, 2.24) is 0 Å². The number of rotatable bonds is 10. The maximum Gasteiger partial charge on any atom is 0.228 e. The van der Waals surface area contributed by atoms with Crippen LogP contribution in [0.1, 0.15) is 28.7 Å². The Morgan fingerprint density at radius 2 is 1.73 bits per heavy atom. The summed E-state index contributed by atoms with van der Waals surface area (Å²) in [5.74, 6) is 0.679. The van der Waals surface area contributed by atoms with Crippen molar-refractivity contribution in [2.75, 3.05) is 17.7 Å². The molecule has 1 amide bonds. The number of anilines is 1. The third-order valence-corrected chi connectivity index (χ3v) is 6.24. The zero-order valence-electron chi connectivity index (χ0n) is 19.8. The normalized spacial score (nSPS) is 10.7. The number of aryl methyl sites for hydroxylation is 1. The first-order chi connectivity index (χ1) is 17.6. The molecule has 0 aliphatic carbocycles. The maximum atomic E-state index is 12.7. The Hall–Kier alpha value is -4.09.